The Morgan fingerprint density at radius 1 is 1.50 bits per heavy atom. The van der Waals surface area contributed by atoms with Crippen LogP contribution >= 0.6 is 0 Å². The van der Waals surface area contributed by atoms with Crippen molar-refractivity contribution >= 4 is 11.7 Å². The second kappa shape index (κ2) is 3.90. The molecular formula is C10H9NO5. The number of epoxide rings is 1. The summed E-state index contributed by atoms with van der Waals surface area (Å²) in [6, 6.07) is 6.19. The van der Waals surface area contributed by atoms with E-state index in [1.807, 2.05) is 0 Å². The second-order valence-corrected chi connectivity index (χ2v) is 3.32. The molecule has 6 heteroatoms. The van der Waals surface area contributed by atoms with E-state index in [1.54, 1.807) is 18.2 Å². The van der Waals surface area contributed by atoms with Crippen molar-refractivity contribution in [1.82, 2.24) is 0 Å². The number of hydrogen-bond donors (Lipinski definition) is 0. The second-order valence-electron chi connectivity index (χ2n) is 3.32. The van der Waals surface area contributed by atoms with Crippen LogP contribution in [0.2, 0.25) is 0 Å². The Morgan fingerprint density at radius 3 is 2.81 bits per heavy atom. The molecule has 16 heavy (non-hydrogen) atoms. The molecule has 0 spiro atoms. The summed E-state index contributed by atoms with van der Waals surface area (Å²) in [7, 11) is 1.25. The van der Waals surface area contributed by atoms with E-state index in [9.17, 15) is 14.9 Å². The first-order valence-corrected chi connectivity index (χ1v) is 4.61. The maximum absolute atomic E-state index is 11.1. The highest BCUT2D eigenvalue weighted by molar-refractivity contribution is 5.78. The summed E-state index contributed by atoms with van der Waals surface area (Å²) >= 11 is 0. The van der Waals surface area contributed by atoms with Crippen LogP contribution in [0.3, 0.4) is 0 Å². The molecule has 0 bridgehead atoms. The number of methoxy groups -OCH3 is 1. The molecule has 1 fully saturated rings. The summed E-state index contributed by atoms with van der Waals surface area (Å²) in [4.78, 5) is 21.4. The first-order chi connectivity index (χ1) is 7.65. The summed E-state index contributed by atoms with van der Waals surface area (Å²) < 4.78 is 9.56. The quantitative estimate of drug-likeness (QED) is 0.333. The molecule has 2 rings (SSSR count). The van der Waals surface area contributed by atoms with Gasteiger partial charge in [0.2, 0.25) is 0 Å². The fourth-order valence-corrected chi connectivity index (χ4v) is 1.54. The van der Waals surface area contributed by atoms with Crippen LogP contribution in [0, 0.1) is 10.1 Å². The number of carbonyl (C=O) groups excluding carboxylic acids is 1. The number of hydrogen-bond acceptors (Lipinski definition) is 5. The molecule has 1 aromatic rings. The largest absolute Gasteiger partial charge is 0.467 e. The molecule has 2 atom stereocenters. The van der Waals surface area contributed by atoms with Gasteiger partial charge in [0, 0.05) is 6.07 Å². The SMILES string of the molecule is COC(=O)[C@H]1O[C@@H]1c1ccccc1[N+](=O)[O-]. The zero-order chi connectivity index (χ0) is 11.7. The summed E-state index contributed by atoms with van der Waals surface area (Å²) in [5.74, 6) is -0.511. The van der Waals surface area contributed by atoms with E-state index in [0.717, 1.165) is 0 Å². The third kappa shape index (κ3) is 1.74. The highest BCUT2D eigenvalue weighted by atomic mass is 16.6. The Labute approximate surface area is 90.9 Å². The van der Waals surface area contributed by atoms with Crippen LogP contribution in [0.1, 0.15) is 11.7 Å². The van der Waals surface area contributed by atoms with Gasteiger partial charge in [0.05, 0.1) is 17.6 Å². The normalized spacial score (nSPS) is 22.6. The van der Waals surface area contributed by atoms with Crippen LogP contribution in [-0.4, -0.2) is 24.1 Å². The number of nitrogens with zero attached hydrogens (tertiary/aromatic N) is 1. The number of ether oxygens (including phenoxy) is 2. The highest BCUT2D eigenvalue weighted by Gasteiger charge is 2.49. The van der Waals surface area contributed by atoms with Gasteiger partial charge in [-0.25, -0.2) is 4.79 Å². The number of para-hydroxylation sites is 1. The van der Waals surface area contributed by atoms with Gasteiger partial charge in [-0.1, -0.05) is 12.1 Å². The van der Waals surface area contributed by atoms with E-state index >= 15 is 0 Å². The van der Waals surface area contributed by atoms with Crippen molar-refractivity contribution in [3.63, 3.8) is 0 Å². The Balaban J connectivity index is 2.24. The topological polar surface area (TPSA) is 82.0 Å². The molecule has 0 aliphatic carbocycles. The summed E-state index contributed by atoms with van der Waals surface area (Å²) in [5, 5.41) is 10.7. The summed E-state index contributed by atoms with van der Waals surface area (Å²) in [6.07, 6.45) is -1.28. The van der Waals surface area contributed by atoms with E-state index < -0.39 is 23.1 Å². The summed E-state index contributed by atoms with van der Waals surface area (Å²) in [6.45, 7) is 0. The average Bonchev–Trinajstić information content (AvgIpc) is 3.08. The van der Waals surface area contributed by atoms with Crippen LogP contribution < -0.4 is 0 Å². The molecule has 0 saturated carbocycles. The van der Waals surface area contributed by atoms with Gasteiger partial charge in [0.15, 0.2) is 6.10 Å². The Kier molecular flexibility index (Phi) is 2.57. The first kappa shape index (κ1) is 10.6. The van der Waals surface area contributed by atoms with Gasteiger partial charge < -0.3 is 9.47 Å². The standard InChI is InChI=1S/C10H9NO5/c1-15-10(12)9-8(16-9)6-4-2-3-5-7(6)11(13)14/h2-5,8-9H,1H3/t8-,9+/m1/s1. The third-order valence-electron chi connectivity index (χ3n) is 2.37. The smallest absolute Gasteiger partial charge is 0.338 e. The van der Waals surface area contributed by atoms with Crippen LogP contribution in [0.25, 0.3) is 0 Å². The molecule has 0 radical (unpaired) electrons. The first-order valence-electron chi connectivity index (χ1n) is 4.61. The zero-order valence-electron chi connectivity index (χ0n) is 8.45. The maximum Gasteiger partial charge on any atom is 0.338 e. The predicted molar refractivity (Wildman–Crippen MR) is 52.7 cm³/mol. The van der Waals surface area contributed by atoms with E-state index in [1.165, 1.54) is 13.2 Å². The van der Waals surface area contributed by atoms with Gasteiger partial charge in [-0.3, -0.25) is 10.1 Å². The third-order valence-corrected chi connectivity index (χ3v) is 2.37. The lowest BCUT2D eigenvalue weighted by Gasteiger charge is -1.98. The maximum atomic E-state index is 11.1. The molecule has 6 nitrogen and oxygen atoms in total. The van der Waals surface area contributed by atoms with Crippen molar-refractivity contribution in [3.05, 3.63) is 39.9 Å². The van der Waals surface area contributed by atoms with Gasteiger partial charge in [-0.15, -0.1) is 0 Å². The number of nitro benzene ring substituents is 1. The molecule has 0 amide bonds. The van der Waals surface area contributed by atoms with Crippen molar-refractivity contribution in [2.45, 2.75) is 12.2 Å². The van der Waals surface area contributed by atoms with Crippen LogP contribution in [0.15, 0.2) is 24.3 Å². The summed E-state index contributed by atoms with van der Waals surface area (Å²) in [5.41, 5.74) is 0.363. The minimum atomic E-state index is -0.717. The molecule has 1 saturated heterocycles. The number of rotatable bonds is 3. The van der Waals surface area contributed by atoms with Crippen LogP contribution in [0.4, 0.5) is 5.69 Å². The van der Waals surface area contributed by atoms with E-state index in [-0.39, 0.29) is 5.69 Å². The molecule has 0 unspecified atom stereocenters. The minimum absolute atomic E-state index is 0.0427. The Bertz CT molecular complexity index is 445. The van der Waals surface area contributed by atoms with E-state index in [2.05, 4.69) is 4.74 Å². The van der Waals surface area contributed by atoms with Crippen molar-refractivity contribution in [2.75, 3.05) is 7.11 Å². The number of esters is 1. The Hall–Kier alpha value is -1.95. The lowest BCUT2D eigenvalue weighted by molar-refractivity contribution is -0.385. The molecule has 0 aromatic heterocycles. The zero-order valence-corrected chi connectivity index (χ0v) is 8.45. The predicted octanol–water partition coefficient (Wildman–Crippen LogP) is 1.21. The minimum Gasteiger partial charge on any atom is -0.467 e. The fraction of sp³-hybridized carbons (Fsp3) is 0.300. The van der Waals surface area contributed by atoms with Gasteiger partial charge in [-0.05, 0) is 6.07 Å². The van der Waals surface area contributed by atoms with Crippen molar-refractivity contribution in [3.8, 4) is 0 Å². The van der Waals surface area contributed by atoms with Crippen molar-refractivity contribution in [1.29, 1.82) is 0 Å². The lowest BCUT2D eigenvalue weighted by atomic mass is 10.1. The number of carbonyl (C=O) groups is 1. The molecule has 1 aliphatic heterocycles. The van der Waals surface area contributed by atoms with E-state index in [0.29, 0.717) is 5.56 Å². The van der Waals surface area contributed by atoms with E-state index in [4.69, 9.17) is 4.74 Å². The van der Waals surface area contributed by atoms with Crippen molar-refractivity contribution < 1.29 is 19.2 Å². The highest BCUT2D eigenvalue weighted by Crippen LogP contribution is 2.43. The van der Waals surface area contributed by atoms with Crippen molar-refractivity contribution in [2.24, 2.45) is 0 Å². The van der Waals surface area contributed by atoms with Crippen LogP contribution in [0.5, 0.6) is 0 Å². The molecule has 0 N–H and O–H groups in total. The van der Waals surface area contributed by atoms with Gasteiger partial charge in [-0.2, -0.15) is 0 Å². The van der Waals surface area contributed by atoms with Gasteiger partial charge >= 0.3 is 5.97 Å². The number of nitro groups is 1. The molecule has 1 aliphatic rings. The molecule has 84 valence electrons. The fourth-order valence-electron chi connectivity index (χ4n) is 1.54. The van der Waals surface area contributed by atoms with Gasteiger partial charge in [0.1, 0.15) is 6.10 Å². The monoisotopic (exact) mass is 223 g/mol. The van der Waals surface area contributed by atoms with Crippen LogP contribution in [-0.2, 0) is 14.3 Å². The Morgan fingerprint density at radius 2 is 2.19 bits per heavy atom. The van der Waals surface area contributed by atoms with Gasteiger partial charge in [0.25, 0.3) is 5.69 Å². The molecular weight excluding hydrogens is 214 g/mol. The number of benzene rings is 1. The average molecular weight is 223 g/mol. The molecule has 1 heterocycles. The lowest BCUT2D eigenvalue weighted by Crippen LogP contribution is -2.09. The molecule has 1 aromatic carbocycles.